The number of likely N-dealkylation sites (N-methyl/N-ethyl adjacent to an activating group) is 1. The van der Waals surface area contributed by atoms with Crippen LogP contribution in [0.4, 0.5) is 13.2 Å². The van der Waals surface area contributed by atoms with Crippen molar-refractivity contribution in [3.63, 3.8) is 0 Å². The highest BCUT2D eigenvalue weighted by atomic mass is 19.4. The summed E-state index contributed by atoms with van der Waals surface area (Å²) in [7, 11) is 1.19. The first-order valence-corrected chi connectivity index (χ1v) is 5.80. The standard InChI is InChI=1S/C11H16F3N3O2/c1-3-4-7-5-8(16-15-7)10(19)17(2)6-9(18)11(12,13)14/h5,9,18H,3-4,6H2,1-2H3,(H,15,16). The van der Waals surface area contributed by atoms with E-state index in [0.717, 1.165) is 17.0 Å². The fourth-order valence-electron chi connectivity index (χ4n) is 1.51. The second-order valence-electron chi connectivity index (χ2n) is 4.27. The topological polar surface area (TPSA) is 69.2 Å². The molecule has 0 fully saturated rings. The van der Waals surface area contributed by atoms with Crippen LogP contribution in [0.25, 0.3) is 0 Å². The van der Waals surface area contributed by atoms with Crippen LogP contribution in [-0.4, -0.2) is 52.0 Å². The molecule has 108 valence electrons. The van der Waals surface area contributed by atoms with Gasteiger partial charge in [-0.15, -0.1) is 0 Å². The quantitative estimate of drug-likeness (QED) is 0.855. The number of aliphatic hydroxyl groups excluding tert-OH is 1. The van der Waals surface area contributed by atoms with Crippen molar-refractivity contribution < 1.29 is 23.1 Å². The SMILES string of the molecule is CCCc1cc(C(=O)N(C)CC(O)C(F)(F)F)n[nH]1. The lowest BCUT2D eigenvalue weighted by atomic mass is 10.2. The Kier molecular flexibility index (Phi) is 4.93. The summed E-state index contributed by atoms with van der Waals surface area (Å²) in [5.74, 6) is -0.665. The van der Waals surface area contributed by atoms with E-state index in [2.05, 4.69) is 10.2 Å². The summed E-state index contributed by atoms with van der Waals surface area (Å²) in [6.45, 7) is 1.13. The zero-order chi connectivity index (χ0) is 14.6. The normalized spacial score (nSPS) is 13.4. The number of amides is 1. The van der Waals surface area contributed by atoms with Crippen molar-refractivity contribution in [1.29, 1.82) is 0 Å². The van der Waals surface area contributed by atoms with E-state index >= 15 is 0 Å². The zero-order valence-electron chi connectivity index (χ0n) is 10.7. The minimum absolute atomic E-state index is 0.0420. The van der Waals surface area contributed by atoms with Crippen LogP contribution < -0.4 is 0 Å². The van der Waals surface area contributed by atoms with Gasteiger partial charge in [-0.05, 0) is 12.5 Å². The van der Waals surface area contributed by atoms with Gasteiger partial charge in [-0.1, -0.05) is 13.3 Å². The number of hydrogen-bond donors (Lipinski definition) is 2. The van der Waals surface area contributed by atoms with Crippen LogP contribution in [0.3, 0.4) is 0 Å². The molecule has 1 unspecified atom stereocenters. The molecule has 0 saturated heterocycles. The van der Waals surface area contributed by atoms with Gasteiger partial charge in [-0.25, -0.2) is 0 Å². The number of nitrogens with zero attached hydrogens (tertiary/aromatic N) is 2. The van der Waals surface area contributed by atoms with Crippen LogP contribution in [-0.2, 0) is 6.42 Å². The molecule has 19 heavy (non-hydrogen) atoms. The molecule has 0 aliphatic rings. The monoisotopic (exact) mass is 279 g/mol. The van der Waals surface area contributed by atoms with Crippen LogP contribution in [0.5, 0.6) is 0 Å². The van der Waals surface area contributed by atoms with Gasteiger partial charge in [0.15, 0.2) is 6.10 Å². The van der Waals surface area contributed by atoms with Gasteiger partial charge in [0.2, 0.25) is 0 Å². The van der Waals surface area contributed by atoms with E-state index in [9.17, 15) is 18.0 Å². The van der Waals surface area contributed by atoms with E-state index in [-0.39, 0.29) is 5.69 Å². The summed E-state index contributed by atoms with van der Waals surface area (Å²) in [5.41, 5.74) is 0.788. The predicted molar refractivity (Wildman–Crippen MR) is 61.6 cm³/mol. The first-order valence-electron chi connectivity index (χ1n) is 5.80. The average molecular weight is 279 g/mol. The number of H-pyrrole nitrogens is 1. The third kappa shape index (κ3) is 4.23. The molecule has 8 heteroatoms. The molecule has 1 aromatic heterocycles. The van der Waals surface area contributed by atoms with Crippen molar-refractivity contribution in [2.24, 2.45) is 0 Å². The molecule has 0 radical (unpaired) electrons. The second kappa shape index (κ2) is 6.05. The molecule has 1 atom stereocenters. The molecule has 1 aromatic rings. The van der Waals surface area contributed by atoms with Crippen molar-refractivity contribution in [1.82, 2.24) is 15.1 Å². The number of rotatable bonds is 5. The Hall–Kier alpha value is -1.57. The number of aromatic amines is 1. The molecule has 5 nitrogen and oxygen atoms in total. The van der Waals surface area contributed by atoms with Gasteiger partial charge < -0.3 is 10.0 Å². The van der Waals surface area contributed by atoms with Gasteiger partial charge in [0.05, 0.1) is 6.54 Å². The maximum Gasteiger partial charge on any atom is 0.416 e. The van der Waals surface area contributed by atoms with Crippen molar-refractivity contribution in [2.75, 3.05) is 13.6 Å². The molecule has 0 aliphatic carbocycles. The van der Waals surface area contributed by atoms with E-state index < -0.39 is 24.7 Å². The fourth-order valence-corrected chi connectivity index (χ4v) is 1.51. The molecule has 0 spiro atoms. The average Bonchev–Trinajstić information content (AvgIpc) is 2.75. The van der Waals surface area contributed by atoms with Crippen molar-refractivity contribution >= 4 is 5.91 Å². The van der Waals surface area contributed by atoms with Crippen molar-refractivity contribution in [3.8, 4) is 0 Å². The van der Waals surface area contributed by atoms with Gasteiger partial charge in [0.25, 0.3) is 5.91 Å². The predicted octanol–water partition coefficient (Wildman–Crippen LogP) is 1.36. The summed E-state index contributed by atoms with van der Waals surface area (Å²) >= 11 is 0. The highest BCUT2D eigenvalue weighted by Gasteiger charge is 2.39. The smallest absolute Gasteiger partial charge is 0.382 e. The zero-order valence-corrected chi connectivity index (χ0v) is 10.7. The van der Waals surface area contributed by atoms with E-state index in [1.165, 1.54) is 13.1 Å². The van der Waals surface area contributed by atoms with Gasteiger partial charge in [-0.3, -0.25) is 9.89 Å². The Balaban J connectivity index is 2.66. The number of aromatic nitrogens is 2. The molecule has 0 aromatic carbocycles. The summed E-state index contributed by atoms with van der Waals surface area (Å²) in [5, 5.41) is 15.3. The van der Waals surface area contributed by atoms with E-state index in [1.54, 1.807) is 0 Å². The molecule has 2 N–H and O–H groups in total. The Bertz CT molecular complexity index is 431. The van der Waals surface area contributed by atoms with E-state index in [0.29, 0.717) is 6.42 Å². The largest absolute Gasteiger partial charge is 0.416 e. The summed E-state index contributed by atoms with van der Waals surface area (Å²) in [6, 6.07) is 1.50. The number of alkyl halides is 3. The van der Waals surface area contributed by atoms with E-state index in [1.807, 2.05) is 6.92 Å². The lowest BCUT2D eigenvalue weighted by Crippen LogP contribution is -2.41. The summed E-state index contributed by atoms with van der Waals surface area (Å²) in [6.07, 6.45) is -5.74. The van der Waals surface area contributed by atoms with Gasteiger partial charge in [-0.2, -0.15) is 18.3 Å². The number of aliphatic hydroxyl groups is 1. The van der Waals surface area contributed by atoms with Crippen LogP contribution in [0, 0.1) is 0 Å². The Labute approximate surface area is 108 Å². The molecule has 0 saturated carbocycles. The van der Waals surface area contributed by atoms with E-state index in [4.69, 9.17) is 5.11 Å². The van der Waals surface area contributed by atoms with Gasteiger partial charge in [0, 0.05) is 12.7 Å². The minimum Gasteiger partial charge on any atom is -0.382 e. The lowest BCUT2D eigenvalue weighted by Gasteiger charge is -2.21. The van der Waals surface area contributed by atoms with Crippen LogP contribution in [0.2, 0.25) is 0 Å². The van der Waals surface area contributed by atoms with Crippen molar-refractivity contribution in [3.05, 3.63) is 17.5 Å². The van der Waals surface area contributed by atoms with Gasteiger partial charge in [0.1, 0.15) is 5.69 Å². The van der Waals surface area contributed by atoms with Crippen LogP contribution in [0.1, 0.15) is 29.5 Å². The molecular formula is C11H16F3N3O2. The van der Waals surface area contributed by atoms with Crippen LogP contribution in [0.15, 0.2) is 6.07 Å². The maximum absolute atomic E-state index is 12.2. The molecule has 0 aliphatic heterocycles. The first-order chi connectivity index (χ1) is 8.75. The molecular weight excluding hydrogens is 263 g/mol. The number of carbonyl (C=O) groups excluding carboxylic acids is 1. The number of carbonyl (C=O) groups is 1. The lowest BCUT2D eigenvalue weighted by molar-refractivity contribution is -0.205. The number of hydrogen-bond acceptors (Lipinski definition) is 3. The summed E-state index contributed by atoms with van der Waals surface area (Å²) in [4.78, 5) is 12.6. The Morgan fingerprint density at radius 2 is 2.21 bits per heavy atom. The van der Waals surface area contributed by atoms with Crippen LogP contribution >= 0.6 is 0 Å². The third-order valence-corrected chi connectivity index (χ3v) is 2.54. The fraction of sp³-hybridized carbons (Fsp3) is 0.636. The van der Waals surface area contributed by atoms with Crippen molar-refractivity contribution in [2.45, 2.75) is 32.0 Å². The number of halogens is 3. The van der Waals surface area contributed by atoms with Gasteiger partial charge >= 0.3 is 6.18 Å². The number of nitrogens with one attached hydrogen (secondary N) is 1. The molecule has 1 rings (SSSR count). The summed E-state index contributed by atoms with van der Waals surface area (Å²) < 4.78 is 36.5. The highest BCUT2D eigenvalue weighted by molar-refractivity contribution is 5.92. The molecule has 0 bridgehead atoms. The third-order valence-electron chi connectivity index (χ3n) is 2.54. The second-order valence-corrected chi connectivity index (χ2v) is 4.27. The molecule has 1 heterocycles. The molecule has 1 amide bonds. The Morgan fingerprint density at radius 3 is 2.74 bits per heavy atom. The minimum atomic E-state index is -4.74. The Morgan fingerprint density at radius 1 is 1.58 bits per heavy atom. The first kappa shape index (κ1) is 15.5. The maximum atomic E-state index is 12.2. The highest BCUT2D eigenvalue weighted by Crippen LogP contribution is 2.20. The number of aryl methyl sites for hydroxylation is 1.